The average molecular weight is 205 g/mol. The second-order valence-corrected chi connectivity index (χ2v) is 3.55. The monoisotopic (exact) mass is 204 g/mol. The van der Waals surface area contributed by atoms with Gasteiger partial charge in [-0.1, -0.05) is 12.2 Å². The first-order valence-corrected chi connectivity index (χ1v) is 5.33. The summed E-state index contributed by atoms with van der Waals surface area (Å²) in [5.41, 5.74) is 0. The molecule has 1 aliphatic rings. The molecule has 0 unspecified atom stereocenters. The van der Waals surface area contributed by atoms with Crippen LogP contribution in [0, 0.1) is 5.92 Å². The molecule has 0 saturated carbocycles. The molecule has 0 aromatic heterocycles. The molecule has 3 heteroatoms. The van der Waals surface area contributed by atoms with Gasteiger partial charge in [0.15, 0.2) is 0 Å². The van der Waals surface area contributed by atoms with Gasteiger partial charge in [-0.25, -0.2) is 0 Å². The van der Waals surface area contributed by atoms with E-state index in [2.05, 4.69) is 0 Å². The Kier molecular flexibility index (Phi) is 6.25. The molecule has 0 amide bonds. The van der Waals surface area contributed by atoms with Crippen LogP contribution in [0.5, 0.6) is 0 Å². The SMILES string of the molecule is ClCC=CCOCCCC1COC1. The van der Waals surface area contributed by atoms with Crippen LogP contribution in [-0.4, -0.2) is 32.3 Å². The molecule has 0 spiro atoms. The molecule has 1 fully saturated rings. The maximum atomic E-state index is 5.45. The van der Waals surface area contributed by atoms with E-state index in [-0.39, 0.29) is 0 Å². The maximum Gasteiger partial charge on any atom is 0.0647 e. The van der Waals surface area contributed by atoms with Crippen LogP contribution in [-0.2, 0) is 9.47 Å². The topological polar surface area (TPSA) is 18.5 Å². The van der Waals surface area contributed by atoms with Gasteiger partial charge in [0.1, 0.15) is 0 Å². The highest BCUT2D eigenvalue weighted by Gasteiger charge is 2.16. The van der Waals surface area contributed by atoms with Crippen LogP contribution in [0.1, 0.15) is 12.8 Å². The van der Waals surface area contributed by atoms with E-state index in [4.69, 9.17) is 21.1 Å². The smallest absolute Gasteiger partial charge is 0.0647 e. The van der Waals surface area contributed by atoms with Crippen LogP contribution >= 0.6 is 11.6 Å². The summed E-state index contributed by atoms with van der Waals surface area (Å²) in [5, 5.41) is 0. The van der Waals surface area contributed by atoms with Crippen molar-refractivity contribution < 1.29 is 9.47 Å². The lowest BCUT2D eigenvalue weighted by Gasteiger charge is -2.25. The van der Waals surface area contributed by atoms with Crippen LogP contribution in [0.3, 0.4) is 0 Å². The third-order valence-electron chi connectivity index (χ3n) is 2.08. The number of allylic oxidation sites excluding steroid dienone is 1. The molecular formula is C10H17ClO2. The van der Waals surface area contributed by atoms with E-state index in [0.717, 1.165) is 32.2 Å². The van der Waals surface area contributed by atoms with Gasteiger partial charge in [0, 0.05) is 18.4 Å². The summed E-state index contributed by atoms with van der Waals surface area (Å²) < 4.78 is 10.4. The summed E-state index contributed by atoms with van der Waals surface area (Å²) in [4.78, 5) is 0. The summed E-state index contributed by atoms with van der Waals surface area (Å²) in [5.74, 6) is 1.37. The molecule has 2 nitrogen and oxygen atoms in total. The molecule has 0 atom stereocenters. The van der Waals surface area contributed by atoms with Crippen molar-refractivity contribution in [3.8, 4) is 0 Å². The highest BCUT2D eigenvalue weighted by atomic mass is 35.5. The molecule has 0 aromatic rings. The quantitative estimate of drug-likeness (QED) is 0.360. The Morgan fingerprint density at radius 3 is 2.85 bits per heavy atom. The van der Waals surface area contributed by atoms with Crippen LogP contribution in [0.2, 0.25) is 0 Å². The van der Waals surface area contributed by atoms with Gasteiger partial charge >= 0.3 is 0 Å². The lowest BCUT2D eigenvalue weighted by atomic mass is 10.0. The predicted octanol–water partition coefficient (Wildman–Crippen LogP) is 2.22. The number of hydrogen-bond donors (Lipinski definition) is 0. The zero-order valence-electron chi connectivity index (χ0n) is 7.88. The Balaban J connectivity index is 1.75. The van der Waals surface area contributed by atoms with E-state index in [1.54, 1.807) is 0 Å². The van der Waals surface area contributed by atoms with E-state index in [1.807, 2.05) is 12.2 Å². The second-order valence-electron chi connectivity index (χ2n) is 3.25. The molecule has 0 bridgehead atoms. The van der Waals surface area contributed by atoms with Gasteiger partial charge in [-0.05, 0) is 12.8 Å². The fourth-order valence-electron chi connectivity index (χ4n) is 1.21. The first-order valence-electron chi connectivity index (χ1n) is 4.80. The van der Waals surface area contributed by atoms with Crippen LogP contribution in [0.4, 0.5) is 0 Å². The van der Waals surface area contributed by atoms with E-state index in [0.29, 0.717) is 12.5 Å². The Labute approximate surface area is 84.9 Å². The molecule has 1 heterocycles. The first-order chi connectivity index (χ1) is 6.43. The molecule has 0 radical (unpaired) electrons. The Morgan fingerprint density at radius 1 is 1.38 bits per heavy atom. The minimum atomic E-state index is 0.572. The van der Waals surface area contributed by atoms with Crippen molar-refractivity contribution in [2.75, 3.05) is 32.3 Å². The maximum absolute atomic E-state index is 5.45. The van der Waals surface area contributed by atoms with Crippen LogP contribution in [0.15, 0.2) is 12.2 Å². The number of ether oxygens (including phenoxy) is 2. The fourth-order valence-corrected chi connectivity index (χ4v) is 1.33. The van der Waals surface area contributed by atoms with Crippen molar-refractivity contribution in [2.24, 2.45) is 5.92 Å². The van der Waals surface area contributed by atoms with E-state index >= 15 is 0 Å². The summed E-state index contributed by atoms with van der Waals surface area (Å²) in [6.45, 7) is 3.44. The van der Waals surface area contributed by atoms with Crippen molar-refractivity contribution in [3.05, 3.63) is 12.2 Å². The molecule has 1 saturated heterocycles. The van der Waals surface area contributed by atoms with Gasteiger partial charge in [0.05, 0.1) is 19.8 Å². The molecule has 76 valence electrons. The number of rotatable bonds is 7. The highest BCUT2D eigenvalue weighted by Crippen LogP contribution is 2.15. The normalized spacial score (nSPS) is 17.9. The number of alkyl halides is 1. The lowest BCUT2D eigenvalue weighted by molar-refractivity contribution is -0.0386. The van der Waals surface area contributed by atoms with Crippen LogP contribution in [0.25, 0.3) is 0 Å². The van der Waals surface area contributed by atoms with Gasteiger partial charge < -0.3 is 9.47 Å². The predicted molar refractivity (Wildman–Crippen MR) is 54.2 cm³/mol. The van der Waals surface area contributed by atoms with Crippen molar-refractivity contribution in [1.29, 1.82) is 0 Å². The molecular weight excluding hydrogens is 188 g/mol. The van der Waals surface area contributed by atoms with E-state index in [1.165, 1.54) is 6.42 Å². The highest BCUT2D eigenvalue weighted by molar-refractivity contribution is 6.18. The summed E-state index contributed by atoms with van der Waals surface area (Å²) in [7, 11) is 0. The van der Waals surface area contributed by atoms with Gasteiger partial charge in [0.2, 0.25) is 0 Å². The lowest BCUT2D eigenvalue weighted by Crippen LogP contribution is -2.27. The fraction of sp³-hybridized carbons (Fsp3) is 0.800. The molecule has 1 aliphatic heterocycles. The molecule has 1 rings (SSSR count). The summed E-state index contributed by atoms with van der Waals surface area (Å²) in [6.07, 6.45) is 6.24. The van der Waals surface area contributed by atoms with Crippen molar-refractivity contribution in [3.63, 3.8) is 0 Å². The van der Waals surface area contributed by atoms with E-state index < -0.39 is 0 Å². The Bertz CT molecular complexity index is 144. The molecule has 13 heavy (non-hydrogen) atoms. The standard InChI is InChI=1S/C10H17ClO2/c11-5-1-2-6-12-7-3-4-10-8-13-9-10/h1-2,10H,3-9H2. The van der Waals surface area contributed by atoms with Gasteiger partial charge in [-0.3, -0.25) is 0 Å². The molecule has 0 aromatic carbocycles. The molecule has 0 aliphatic carbocycles. The minimum Gasteiger partial charge on any atom is -0.381 e. The molecule has 0 N–H and O–H groups in total. The van der Waals surface area contributed by atoms with E-state index in [9.17, 15) is 0 Å². The second kappa shape index (κ2) is 7.36. The van der Waals surface area contributed by atoms with Gasteiger partial charge in [0.25, 0.3) is 0 Å². The largest absolute Gasteiger partial charge is 0.381 e. The first kappa shape index (κ1) is 11.0. The third-order valence-corrected chi connectivity index (χ3v) is 2.26. The Hall–Kier alpha value is -0.0500. The number of hydrogen-bond acceptors (Lipinski definition) is 2. The van der Waals surface area contributed by atoms with Crippen molar-refractivity contribution >= 4 is 11.6 Å². The summed E-state index contributed by atoms with van der Waals surface area (Å²) in [6, 6.07) is 0. The zero-order valence-corrected chi connectivity index (χ0v) is 8.63. The Morgan fingerprint density at radius 2 is 2.23 bits per heavy atom. The minimum absolute atomic E-state index is 0.572. The van der Waals surface area contributed by atoms with Gasteiger partial charge in [-0.2, -0.15) is 0 Å². The third kappa shape index (κ3) is 5.29. The zero-order chi connectivity index (χ0) is 9.36. The summed E-state index contributed by atoms with van der Waals surface area (Å²) >= 11 is 5.45. The van der Waals surface area contributed by atoms with Crippen LogP contribution < -0.4 is 0 Å². The number of halogens is 1. The van der Waals surface area contributed by atoms with Gasteiger partial charge in [-0.15, -0.1) is 11.6 Å². The van der Waals surface area contributed by atoms with Crippen molar-refractivity contribution in [1.82, 2.24) is 0 Å². The van der Waals surface area contributed by atoms with Crippen molar-refractivity contribution in [2.45, 2.75) is 12.8 Å². The average Bonchev–Trinajstić information content (AvgIpc) is 2.07.